The zero-order chi connectivity index (χ0) is 52.2. The third kappa shape index (κ3) is 25.4. The summed E-state index contributed by atoms with van der Waals surface area (Å²) in [5.74, 6) is 7.54. The molecule has 0 radical (unpaired) electrons. The number of nitrogens with zero attached hydrogens (tertiary/aromatic N) is 8. The molecule has 16 N–H and O–H groups in total. The molecule has 69 heavy (non-hydrogen) atoms. The summed E-state index contributed by atoms with van der Waals surface area (Å²) in [4.78, 5) is 44.7. The molecule has 7 heterocycles. The highest BCUT2D eigenvalue weighted by atomic mass is 32.1. The number of oxazole rings is 1. The van der Waals surface area contributed by atoms with Crippen molar-refractivity contribution < 1.29 is 13.9 Å². The van der Waals surface area contributed by atoms with Crippen LogP contribution >= 0.6 is 11.3 Å². The van der Waals surface area contributed by atoms with Crippen LogP contribution < -0.4 is 39.3 Å². The first kappa shape index (κ1) is 60.5. The lowest BCUT2D eigenvalue weighted by Gasteiger charge is -2.00. The monoisotopic (exact) mass is 984 g/mol. The van der Waals surface area contributed by atoms with Crippen LogP contribution in [0.4, 0.5) is 29.0 Å². The second-order valence-electron chi connectivity index (χ2n) is 17.5. The molecule has 0 saturated heterocycles. The normalized spacial score (nSPS) is 10.6. The number of aromatic amines is 5. The van der Waals surface area contributed by atoms with E-state index in [1.165, 1.54) is 10.6 Å². The van der Waals surface area contributed by atoms with Gasteiger partial charge in [-0.3, -0.25) is 5.10 Å². The number of aromatic nitrogens is 13. The second-order valence-corrected chi connectivity index (χ2v) is 18.6. The molecule has 0 aliphatic carbocycles. The minimum atomic E-state index is -0.487. The van der Waals surface area contributed by atoms with Crippen molar-refractivity contribution >= 4 is 40.3 Å². The summed E-state index contributed by atoms with van der Waals surface area (Å²) in [5.41, 5.74) is 24.7. The van der Waals surface area contributed by atoms with Crippen LogP contribution in [-0.2, 0) is 0 Å². The fraction of sp³-hybridized carbons (Fsp3) is 0.578. The van der Waals surface area contributed by atoms with E-state index >= 15 is 0 Å². The van der Waals surface area contributed by atoms with E-state index in [9.17, 15) is 4.79 Å². The van der Waals surface area contributed by atoms with Gasteiger partial charge in [-0.05, 0) is 30.6 Å². The Morgan fingerprint density at radius 2 is 1.25 bits per heavy atom. The summed E-state index contributed by atoms with van der Waals surface area (Å²) in [5, 5.41) is 27.8. The van der Waals surface area contributed by atoms with Gasteiger partial charge in [-0.15, -0.1) is 21.5 Å². The fourth-order valence-corrected chi connectivity index (χ4v) is 5.38. The fourth-order valence-electron chi connectivity index (χ4n) is 4.69. The average molecular weight is 984 g/mol. The Morgan fingerprint density at radius 1 is 0.638 bits per heavy atom. The Kier molecular flexibility index (Phi) is 28.3. The van der Waals surface area contributed by atoms with E-state index in [0.717, 1.165) is 34.7 Å². The van der Waals surface area contributed by atoms with Crippen LogP contribution in [-0.4, -0.2) is 96.6 Å². The lowest BCUT2D eigenvalue weighted by atomic mass is 10.2. The number of hydrogen-bond donors (Lipinski definition) is 12. The molecule has 0 unspecified atom stereocenters. The molecule has 0 fully saturated rings. The molecular formula is C45H81N19O4S. The molecule has 7 aromatic heterocycles. The smallest absolute Gasteiger partial charge is 0.429 e. The number of anilines is 5. The number of aryl methyl sites for hydroxylation is 1. The third-order valence-corrected chi connectivity index (χ3v) is 9.98. The van der Waals surface area contributed by atoms with Crippen molar-refractivity contribution in [3.05, 3.63) is 86.8 Å². The lowest BCUT2D eigenvalue weighted by molar-refractivity contribution is 0.311. The molecule has 0 amide bonds. The number of nitrogens with one attached hydrogen (secondary N) is 7. The van der Waals surface area contributed by atoms with Gasteiger partial charge in [0.1, 0.15) is 17.4 Å². The molecular weight excluding hydrogens is 903 g/mol. The van der Waals surface area contributed by atoms with E-state index < -0.39 is 5.76 Å². The number of rotatable bonds is 13. The maximum absolute atomic E-state index is 10.3. The van der Waals surface area contributed by atoms with Gasteiger partial charge in [0, 0.05) is 71.7 Å². The number of nitrogens with two attached hydrogens (primary N) is 4. The van der Waals surface area contributed by atoms with E-state index in [1.54, 1.807) is 23.7 Å². The minimum absolute atomic E-state index is 0.123. The first-order chi connectivity index (χ1) is 32.5. The molecule has 23 nitrogen and oxygen atoms in total. The van der Waals surface area contributed by atoms with Crippen LogP contribution in [0, 0.1) is 6.92 Å². The van der Waals surface area contributed by atoms with Gasteiger partial charge < -0.3 is 62.5 Å². The summed E-state index contributed by atoms with van der Waals surface area (Å²) in [7, 11) is 0. The number of H-pyrrole nitrogens is 5. The van der Waals surface area contributed by atoms with Gasteiger partial charge in [-0.1, -0.05) is 96.9 Å². The minimum Gasteiger partial charge on any atom is -0.429 e. The van der Waals surface area contributed by atoms with Crippen molar-refractivity contribution in [2.45, 2.75) is 145 Å². The summed E-state index contributed by atoms with van der Waals surface area (Å²) in [6, 6.07) is 0.249. The molecule has 7 aromatic rings. The summed E-state index contributed by atoms with van der Waals surface area (Å²) >= 11 is 1.56. The van der Waals surface area contributed by atoms with Gasteiger partial charge >= 0.3 is 5.76 Å². The van der Waals surface area contributed by atoms with Crippen molar-refractivity contribution in [1.82, 2.24) is 65.3 Å². The summed E-state index contributed by atoms with van der Waals surface area (Å²) < 4.78 is 9.63. The SMILES string of the molecule is CC(C)c1cnc(N)[nH]1.CC(C)c1cnc(N)o1.CC(C)c1cnc(N)s1.CC(C)c1cnc(NCCO)[nH]1.CC(C)c1n[nH]c(=O)o1.CC(C)c1nc(NCCN)n[nH]1.Cc1ncc(C(C)C)[nH]1. The molecule has 0 bridgehead atoms. The maximum atomic E-state index is 10.3. The highest BCUT2D eigenvalue weighted by Gasteiger charge is 2.07. The number of aliphatic hydroxyl groups excluding tert-OH is 1. The zero-order valence-corrected chi connectivity index (χ0v) is 44.0. The van der Waals surface area contributed by atoms with E-state index in [1.807, 2.05) is 53.2 Å². The topological polar surface area (TPSA) is 374 Å². The second kappa shape index (κ2) is 32.3. The van der Waals surface area contributed by atoms with Gasteiger partial charge in [0.05, 0.1) is 25.2 Å². The Hall–Kier alpha value is -6.53. The van der Waals surface area contributed by atoms with E-state index in [-0.39, 0.29) is 18.5 Å². The van der Waals surface area contributed by atoms with Gasteiger partial charge in [0.2, 0.25) is 11.8 Å². The Labute approximate surface area is 410 Å². The summed E-state index contributed by atoms with van der Waals surface area (Å²) in [6.45, 7) is 32.8. The van der Waals surface area contributed by atoms with Crippen LogP contribution in [0.3, 0.4) is 0 Å². The third-order valence-electron chi connectivity index (χ3n) is 8.85. The van der Waals surface area contributed by atoms with Crippen molar-refractivity contribution in [3.8, 4) is 0 Å². The highest BCUT2D eigenvalue weighted by Crippen LogP contribution is 2.22. The van der Waals surface area contributed by atoms with Gasteiger partial charge in [0.25, 0.3) is 6.01 Å². The predicted octanol–water partition coefficient (Wildman–Crippen LogP) is 7.91. The first-order valence-corrected chi connectivity index (χ1v) is 23.8. The Morgan fingerprint density at radius 3 is 1.57 bits per heavy atom. The molecule has 24 heteroatoms. The number of nitrogen functional groups attached to an aromatic ring is 3. The van der Waals surface area contributed by atoms with Crippen LogP contribution in [0.5, 0.6) is 0 Å². The molecule has 386 valence electrons. The number of aliphatic hydroxyl groups is 1. The number of thiazole rings is 1. The van der Waals surface area contributed by atoms with Crippen molar-refractivity contribution in [1.29, 1.82) is 0 Å². The van der Waals surface area contributed by atoms with Crippen LogP contribution in [0.15, 0.2) is 44.6 Å². The summed E-state index contributed by atoms with van der Waals surface area (Å²) in [6.07, 6.45) is 8.95. The highest BCUT2D eigenvalue weighted by molar-refractivity contribution is 7.15. The lowest BCUT2D eigenvalue weighted by Crippen LogP contribution is -2.13. The van der Waals surface area contributed by atoms with Crippen molar-refractivity contribution in [2.24, 2.45) is 5.73 Å². The Bertz CT molecular complexity index is 2170. The average Bonchev–Trinajstić information content (AvgIpc) is 4.14. The van der Waals surface area contributed by atoms with E-state index in [4.69, 9.17) is 32.5 Å². The van der Waals surface area contributed by atoms with Gasteiger partial charge in [-0.25, -0.2) is 34.8 Å². The molecule has 0 saturated carbocycles. The quantitative estimate of drug-likeness (QED) is 0.0522. The standard InChI is InChI=1S/C8H15N3O.C7H15N5.C7H12N2.C6H11N3.C6H10N2O.C6H10N2S.C5H8N2O2/c1-6(2)7-5-10-8(11-7)9-3-4-12;1-5(2)6-10-7(12-11-6)9-4-3-8;1-5(2)7-4-8-6(3)9-7;3*1-4(2)5-3-8-6(7)9-5;1-3(2)4-6-7-5(8)9-4/h5-6,12H,3-4H2,1-2H3,(H2,9,10,11);5H,3-4,8H2,1-2H3,(H2,9,10,11,12);4-5H,1-3H3,(H,8,9);3-4H,1-2H3,(H3,7,8,9);2*3-4H,1-2H3,(H2,7,8);3H,1-2H3,(H,7,8). The van der Waals surface area contributed by atoms with Crippen molar-refractivity contribution in [3.63, 3.8) is 0 Å². The predicted molar refractivity (Wildman–Crippen MR) is 278 cm³/mol. The largest absolute Gasteiger partial charge is 0.434 e. The van der Waals surface area contributed by atoms with Gasteiger partial charge in [-0.2, -0.15) is 4.98 Å². The molecule has 0 atom stereocenters. The van der Waals surface area contributed by atoms with Crippen LogP contribution in [0.2, 0.25) is 0 Å². The maximum Gasteiger partial charge on any atom is 0.434 e. The molecule has 0 aliphatic rings. The molecule has 7 rings (SSSR count). The Balaban J connectivity index is 0.000000404. The van der Waals surface area contributed by atoms with E-state index in [2.05, 4.69) is 150 Å². The zero-order valence-electron chi connectivity index (χ0n) is 43.2. The molecule has 0 spiro atoms. The van der Waals surface area contributed by atoms with Crippen LogP contribution in [0.1, 0.15) is 184 Å². The van der Waals surface area contributed by atoms with Crippen LogP contribution in [0.25, 0.3) is 0 Å². The molecule has 0 aliphatic heterocycles. The van der Waals surface area contributed by atoms with E-state index in [0.29, 0.717) is 78.1 Å². The molecule has 0 aromatic carbocycles. The number of imidazole rings is 3. The van der Waals surface area contributed by atoms with Gasteiger partial charge in [0.15, 0.2) is 17.0 Å². The van der Waals surface area contributed by atoms with Crippen molar-refractivity contribution in [2.75, 3.05) is 54.1 Å². The first-order valence-electron chi connectivity index (χ1n) is 23.0. The number of hydrogen-bond acceptors (Lipinski definition) is 19.